The maximum Gasteiger partial charge on any atom is 0.248 e. The number of aryl methyl sites for hydroxylation is 1. The molecule has 266 valence electrons. The molecule has 2 fully saturated rings. The zero-order valence-electron chi connectivity index (χ0n) is 29.0. The third-order valence-corrected chi connectivity index (χ3v) is 11.4. The van der Waals surface area contributed by atoms with Gasteiger partial charge >= 0.3 is 0 Å². The first kappa shape index (κ1) is 34.8. The van der Waals surface area contributed by atoms with Gasteiger partial charge in [-0.15, -0.1) is 0 Å². The van der Waals surface area contributed by atoms with Gasteiger partial charge < -0.3 is 34.5 Å². The molecule has 1 amide bonds. The molecular weight excluding hydrogens is 735 g/mol. The minimum atomic E-state index is -2.78. The van der Waals surface area contributed by atoms with Crippen molar-refractivity contribution in [2.75, 3.05) is 75.4 Å². The van der Waals surface area contributed by atoms with Gasteiger partial charge in [0.25, 0.3) is 0 Å². The summed E-state index contributed by atoms with van der Waals surface area (Å²) in [5.74, 6) is 1.96. The van der Waals surface area contributed by atoms with Gasteiger partial charge in [0.15, 0.2) is 0 Å². The Hall–Kier alpha value is -4.59. The van der Waals surface area contributed by atoms with Crippen LogP contribution >= 0.6 is 23.1 Å². The van der Waals surface area contributed by atoms with Crippen molar-refractivity contribution in [1.29, 1.82) is 0 Å². The summed E-state index contributed by atoms with van der Waals surface area (Å²) < 4.78 is 27.2. The van der Waals surface area contributed by atoms with Gasteiger partial charge in [-0.25, -0.2) is 4.98 Å². The Morgan fingerprint density at radius 3 is 2.57 bits per heavy atom. The predicted octanol–water partition coefficient (Wildman–Crippen LogP) is 5.40. The fraction of sp³-hybridized carbons (Fsp3) is 0.371. The predicted molar refractivity (Wildman–Crippen MR) is 202 cm³/mol. The number of fused-ring (bicyclic) bond motifs is 1. The molecule has 0 radical (unpaired) electrons. The maximum absolute atomic E-state index is 13.5. The summed E-state index contributed by atoms with van der Waals surface area (Å²) in [5.41, 5.74) is 5.57. The van der Waals surface area contributed by atoms with Gasteiger partial charge in [0.05, 0.1) is 46.6 Å². The number of amides is 1. The van der Waals surface area contributed by atoms with E-state index in [1.165, 1.54) is 0 Å². The number of rotatable bonds is 10. The summed E-state index contributed by atoms with van der Waals surface area (Å²) >= 11 is 3.58. The average molecular weight is 776 g/mol. The van der Waals surface area contributed by atoms with E-state index in [4.69, 9.17) is 14.5 Å². The number of ether oxygens (including phenoxy) is 2. The molecule has 5 heterocycles. The van der Waals surface area contributed by atoms with E-state index in [1.807, 2.05) is 42.5 Å². The van der Waals surface area contributed by atoms with Crippen LogP contribution in [-0.4, -0.2) is 100 Å². The number of benzene rings is 2. The van der Waals surface area contributed by atoms with Crippen molar-refractivity contribution in [2.45, 2.75) is 12.8 Å². The Labute approximate surface area is 304 Å². The Morgan fingerprint density at radius 2 is 1.84 bits per heavy atom. The normalized spacial score (nSPS) is 15.7. The molecule has 51 heavy (non-hydrogen) atoms. The van der Waals surface area contributed by atoms with Crippen LogP contribution in [0.15, 0.2) is 59.7 Å². The molecule has 16 heteroatoms. The number of aromatic nitrogens is 6. The van der Waals surface area contributed by atoms with Crippen LogP contribution in [0, 0.1) is 5.92 Å². The van der Waals surface area contributed by atoms with Crippen LogP contribution < -0.4 is 25.6 Å². The lowest BCUT2D eigenvalue weighted by Gasteiger charge is -2.38. The Bertz CT molecular complexity index is 2130. The van der Waals surface area contributed by atoms with Crippen LogP contribution in [0.5, 0.6) is 5.75 Å². The Morgan fingerprint density at radius 1 is 1.04 bits per heavy atom. The first-order valence-corrected chi connectivity index (χ1v) is 20.1. The molecule has 2 aliphatic heterocycles. The van der Waals surface area contributed by atoms with E-state index in [2.05, 4.69) is 57.6 Å². The van der Waals surface area contributed by atoms with Crippen LogP contribution in [0.1, 0.15) is 12.8 Å². The van der Waals surface area contributed by atoms with Gasteiger partial charge in [0, 0.05) is 80.9 Å². The fourth-order valence-corrected chi connectivity index (χ4v) is 8.41. The number of morpholine rings is 1. The Kier molecular flexibility index (Phi) is 9.95. The lowest BCUT2D eigenvalue weighted by atomic mass is 9.94. The number of carbonyl (C=O) groups excluding carboxylic acids is 1. The van der Waals surface area contributed by atoms with Gasteiger partial charge in [0.2, 0.25) is 11.9 Å². The van der Waals surface area contributed by atoms with Crippen LogP contribution in [0.2, 0.25) is 0 Å². The number of hydrogen-bond acceptors (Lipinski definition) is 12. The summed E-state index contributed by atoms with van der Waals surface area (Å²) in [6, 6.07) is 7.79. The van der Waals surface area contributed by atoms with Crippen molar-refractivity contribution in [2.24, 2.45) is 13.0 Å². The minimum Gasteiger partial charge on any atom is -0.494 e. The molecule has 0 bridgehead atoms. The zero-order valence-corrected chi connectivity index (χ0v) is 31.4. The second-order valence-electron chi connectivity index (χ2n) is 13.2. The van der Waals surface area contributed by atoms with Crippen molar-refractivity contribution in [3.63, 3.8) is 0 Å². The highest BCUT2D eigenvalue weighted by Crippen LogP contribution is 2.43. The van der Waals surface area contributed by atoms with E-state index in [0.717, 1.165) is 49.3 Å². The topological polar surface area (TPSA) is 153 Å². The van der Waals surface area contributed by atoms with E-state index in [0.29, 0.717) is 68.8 Å². The second kappa shape index (κ2) is 14.6. The second-order valence-corrected chi connectivity index (χ2v) is 17.2. The lowest BCUT2D eigenvalue weighted by molar-refractivity contribution is -0.143. The lowest BCUT2D eigenvalue weighted by Crippen LogP contribution is -2.46. The molecule has 2 N–H and O–H groups in total. The van der Waals surface area contributed by atoms with Crippen LogP contribution in [0.4, 0.5) is 28.8 Å². The summed E-state index contributed by atoms with van der Waals surface area (Å²) in [5, 5.41) is 11.8. The highest BCUT2D eigenvalue weighted by Gasteiger charge is 2.28. The standard InChI is InChI=1S/C35H40BrN10O4P/c1-44-20-23(17-40-44)24-15-28(30(49-2)16-29(24)45-11-7-22(8-12-45)19-46-13-14-50-21-31(46)47)42-35-39-18-25(36)34(43-35)41-27-6-5-26-32(38-10-9-37-26)33(27)51(3,4)48/h5-6,9-10,15-18,20,22H,7-8,11-14,19,21H2,1-4H3,(H2,39,41,42,43). The molecule has 2 aromatic carbocycles. The quantitative estimate of drug-likeness (QED) is 0.175. The van der Waals surface area contributed by atoms with Crippen molar-refractivity contribution in [3.05, 3.63) is 59.7 Å². The van der Waals surface area contributed by atoms with Crippen LogP contribution in [0.3, 0.4) is 0 Å². The van der Waals surface area contributed by atoms with Crippen LogP contribution in [-0.2, 0) is 21.1 Å². The van der Waals surface area contributed by atoms with E-state index in [-0.39, 0.29) is 12.5 Å². The van der Waals surface area contributed by atoms with E-state index >= 15 is 0 Å². The fourth-order valence-electron chi connectivity index (χ4n) is 6.73. The smallest absolute Gasteiger partial charge is 0.248 e. The molecule has 7 rings (SSSR count). The number of nitrogens with one attached hydrogen (secondary N) is 2. The summed E-state index contributed by atoms with van der Waals surface area (Å²) in [6.07, 6.45) is 10.7. The third-order valence-electron chi connectivity index (χ3n) is 9.25. The SMILES string of the molecule is COc1cc(N2CCC(CN3CCOCC3=O)CC2)c(-c2cnn(C)c2)cc1Nc1ncc(Br)c(Nc2ccc3nccnc3c2P(C)(C)=O)n1. The van der Waals surface area contributed by atoms with Gasteiger partial charge in [-0.1, -0.05) is 0 Å². The molecule has 5 aromatic rings. The van der Waals surface area contributed by atoms with E-state index < -0.39 is 7.14 Å². The molecular formula is C35H40BrN10O4P. The number of methoxy groups -OCH3 is 1. The number of carbonyl (C=O) groups is 1. The minimum absolute atomic E-state index is 0.0778. The molecule has 14 nitrogen and oxygen atoms in total. The maximum atomic E-state index is 13.5. The van der Waals surface area contributed by atoms with Gasteiger partial charge in [-0.2, -0.15) is 10.1 Å². The van der Waals surface area contributed by atoms with E-state index in [9.17, 15) is 9.36 Å². The molecule has 0 saturated carbocycles. The molecule has 3 aromatic heterocycles. The van der Waals surface area contributed by atoms with Crippen molar-refractivity contribution in [3.8, 4) is 16.9 Å². The van der Waals surface area contributed by atoms with Crippen molar-refractivity contribution < 1.29 is 18.8 Å². The van der Waals surface area contributed by atoms with E-state index in [1.54, 1.807) is 43.7 Å². The first-order chi connectivity index (χ1) is 24.6. The first-order valence-electron chi connectivity index (χ1n) is 16.7. The van der Waals surface area contributed by atoms with Gasteiger partial charge in [-0.3, -0.25) is 19.4 Å². The highest BCUT2D eigenvalue weighted by molar-refractivity contribution is 9.10. The summed E-state index contributed by atoms with van der Waals surface area (Å²) in [7, 11) is 0.765. The molecule has 0 spiro atoms. The molecule has 2 aliphatic rings. The molecule has 0 unspecified atom stereocenters. The summed E-state index contributed by atoms with van der Waals surface area (Å²) in [4.78, 5) is 34.9. The highest BCUT2D eigenvalue weighted by atomic mass is 79.9. The summed E-state index contributed by atoms with van der Waals surface area (Å²) in [6.45, 7) is 7.35. The average Bonchev–Trinajstić information content (AvgIpc) is 3.56. The molecule has 0 atom stereocenters. The largest absolute Gasteiger partial charge is 0.494 e. The Balaban J connectivity index is 1.17. The van der Waals surface area contributed by atoms with Crippen molar-refractivity contribution >= 4 is 74.1 Å². The number of anilines is 5. The number of nitrogens with zero attached hydrogens (tertiary/aromatic N) is 8. The monoisotopic (exact) mass is 774 g/mol. The van der Waals surface area contributed by atoms with Gasteiger partial charge in [-0.05, 0) is 66.2 Å². The number of halogens is 1. The zero-order chi connectivity index (χ0) is 35.7. The van der Waals surface area contributed by atoms with Gasteiger partial charge in [0.1, 0.15) is 30.8 Å². The third kappa shape index (κ3) is 7.56. The molecule has 0 aliphatic carbocycles. The number of piperidine rings is 1. The number of hydrogen-bond donors (Lipinski definition) is 2. The van der Waals surface area contributed by atoms with Crippen LogP contribution in [0.25, 0.3) is 22.2 Å². The van der Waals surface area contributed by atoms with Crippen molar-refractivity contribution in [1.82, 2.24) is 34.6 Å². The molecule has 2 saturated heterocycles.